The van der Waals surface area contributed by atoms with Gasteiger partial charge < -0.3 is 9.73 Å². The molecule has 1 N–H and O–H groups in total. The van der Waals surface area contributed by atoms with Crippen molar-refractivity contribution in [2.75, 3.05) is 0 Å². The molecule has 3 nitrogen and oxygen atoms in total. The first-order valence-electron chi connectivity index (χ1n) is 6.41. The lowest BCUT2D eigenvalue weighted by molar-refractivity contribution is 0.0912. The molecule has 0 aliphatic carbocycles. The molecule has 0 bridgehead atoms. The lowest BCUT2D eigenvalue weighted by atomic mass is 9.96. The van der Waals surface area contributed by atoms with Crippen molar-refractivity contribution >= 4 is 5.91 Å². The van der Waals surface area contributed by atoms with E-state index in [4.69, 9.17) is 4.42 Å². The second-order valence-corrected chi connectivity index (χ2v) is 4.97. The smallest absolute Gasteiger partial charge is 0.287 e. The fourth-order valence-corrected chi connectivity index (χ4v) is 2.20. The van der Waals surface area contributed by atoms with E-state index in [1.165, 1.54) is 23.0 Å². The molecule has 0 spiro atoms. The maximum Gasteiger partial charge on any atom is 0.287 e. The van der Waals surface area contributed by atoms with Crippen LogP contribution in [0.1, 0.15) is 45.8 Å². The summed E-state index contributed by atoms with van der Waals surface area (Å²) in [6.07, 6.45) is 1.50. The highest BCUT2D eigenvalue weighted by atomic mass is 16.3. The molecule has 19 heavy (non-hydrogen) atoms. The third kappa shape index (κ3) is 2.87. The van der Waals surface area contributed by atoms with E-state index in [1.54, 1.807) is 12.1 Å². The van der Waals surface area contributed by atoms with Crippen LogP contribution in [0, 0.1) is 20.8 Å². The molecular formula is C16H19NO2. The number of aryl methyl sites for hydroxylation is 3. The topological polar surface area (TPSA) is 42.2 Å². The van der Waals surface area contributed by atoms with Crippen molar-refractivity contribution in [3.63, 3.8) is 0 Å². The van der Waals surface area contributed by atoms with Crippen molar-refractivity contribution < 1.29 is 9.21 Å². The van der Waals surface area contributed by atoms with E-state index in [-0.39, 0.29) is 11.9 Å². The summed E-state index contributed by atoms with van der Waals surface area (Å²) in [6, 6.07) is 7.62. The van der Waals surface area contributed by atoms with Gasteiger partial charge in [0.2, 0.25) is 0 Å². The summed E-state index contributed by atoms with van der Waals surface area (Å²) in [7, 11) is 0. The van der Waals surface area contributed by atoms with E-state index in [0.29, 0.717) is 5.76 Å². The first kappa shape index (κ1) is 13.4. The Hall–Kier alpha value is -2.03. The summed E-state index contributed by atoms with van der Waals surface area (Å²) in [5.74, 6) is 0.156. The number of furan rings is 1. The van der Waals surface area contributed by atoms with E-state index in [2.05, 4.69) is 38.2 Å². The Bertz CT molecular complexity index is 585. The van der Waals surface area contributed by atoms with Crippen LogP contribution in [-0.4, -0.2) is 5.91 Å². The fourth-order valence-electron chi connectivity index (χ4n) is 2.20. The van der Waals surface area contributed by atoms with Gasteiger partial charge in [-0.1, -0.05) is 12.1 Å². The quantitative estimate of drug-likeness (QED) is 0.911. The van der Waals surface area contributed by atoms with Gasteiger partial charge in [0.15, 0.2) is 5.76 Å². The van der Waals surface area contributed by atoms with Crippen molar-refractivity contribution in [3.8, 4) is 0 Å². The largest absolute Gasteiger partial charge is 0.459 e. The molecule has 100 valence electrons. The minimum atomic E-state index is -0.185. The van der Waals surface area contributed by atoms with Crippen molar-refractivity contribution in [2.45, 2.75) is 33.7 Å². The molecule has 1 aromatic heterocycles. The van der Waals surface area contributed by atoms with Gasteiger partial charge in [0.25, 0.3) is 5.91 Å². The average molecular weight is 257 g/mol. The molecule has 2 rings (SSSR count). The number of rotatable bonds is 3. The maximum atomic E-state index is 11.9. The number of hydrogen-bond donors (Lipinski definition) is 1. The van der Waals surface area contributed by atoms with Crippen LogP contribution in [-0.2, 0) is 0 Å². The predicted molar refractivity (Wildman–Crippen MR) is 75.2 cm³/mol. The third-order valence-electron chi connectivity index (χ3n) is 3.44. The highest BCUT2D eigenvalue weighted by molar-refractivity contribution is 5.91. The molecule has 0 aliphatic rings. The van der Waals surface area contributed by atoms with E-state index in [0.717, 1.165) is 5.56 Å². The van der Waals surface area contributed by atoms with Crippen LogP contribution in [0.3, 0.4) is 0 Å². The maximum absolute atomic E-state index is 11.9. The van der Waals surface area contributed by atoms with Crippen LogP contribution < -0.4 is 5.32 Å². The Morgan fingerprint density at radius 3 is 2.47 bits per heavy atom. The minimum absolute atomic E-state index is 0.0445. The summed E-state index contributed by atoms with van der Waals surface area (Å²) >= 11 is 0. The fraction of sp³-hybridized carbons (Fsp3) is 0.312. The van der Waals surface area contributed by atoms with Crippen molar-refractivity contribution in [2.24, 2.45) is 0 Å². The second-order valence-electron chi connectivity index (χ2n) is 4.97. The summed E-state index contributed by atoms with van der Waals surface area (Å²) in [6.45, 7) is 8.23. The van der Waals surface area contributed by atoms with Gasteiger partial charge in [-0.3, -0.25) is 4.79 Å². The molecule has 0 saturated carbocycles. The lowest BCUT2D eigenvalue weighted by Gasteiger charge is -2.17. The normalized spacial score (nSPS) is 12.2. The van der Waals surface area contributed by atoms with Gasteiger partial charge in [-0.05, 0) is 62.1 Å². The minimum Gasteiger partial charge on any atom is -0.459 e. The molecule has 0 saturated heterocycles. The first-order valence-corrected chi connectivity index (χ1v) is 6.41. The number of carbonyl (C=O) groups excluding carboxylic acids is 1. The van der Waals surface area contributed by atoms with Gasteiger partial charge in [-0.2, -0.15) is 0 Å². The Balaban J connectivity index is 2.18. The number of hydrogen-bond acceptors (Lipinski definition) is 2. The van der Waals surface area contributed by atoms with Crippen LogP contribution in [0.25, 0.3) is 0 Å². The van der Waals surface area contributed by atoms with Crippen LogP contribution in [0.5, 0.6) is 0 Å². The zero-order valence-electron chi connectivity index (χ0n) is 11.8. The van der Waals surface area contributed by atoms with Gasteiger partial charge in [-0.15, -0.1) is 0 Å². The second kappa shape index (κ2) is 5.31. The summed E-state index contributed by atoms with van der Waals surface area (Å²) < 4.78 is 5.09. The molecule has 0 aliphatic heterocycles. The molecule has 1 atom stereocenters. The monoisotopic (exact) mass is 257 g/mol. The molecule has 0 radical (unpaired) electrons. The van der Waals surface area contributed by atoms with Crippen molar-refractivity contribution in [3.05, 3.63) is 58.5 Å². The molecular weight excluding hydrogens is 238 g/mol. The van der Waals surface area contributed by atoms with E-state index in [9.17, 15) is 4.79 Å². The molecule has 1 amide bonds. The van der Waals surface area contributed by atoms with E-state index >= 15 is 0 Å². The molecule has 3 heteroatoms. The highest BCUT2D eigenvalue weighted by Crippen LogP contribution is 2.22. The summed E-state index contributed by atoms with van der Waals surface area (Å²) in [4.78, 5) is 11.9. The van der Waals surface area contributed by atoms with Crippen LogP contribution in [0.2, 0.25) is 0 Å². The zero-order valence-corrected chi connectivity index (χ0v) is 11.8. The van der Waals surface area contributed by atoms with Crippen LogP contribution in [0.4, 0.5) is 0 Å². The highest BCUT2D eigenvalue weighted by Gasteiger charge is 2.15. The SMILES string of the molecule is Cc1cc(C)c(C(C)NC(=O)c2ccco2)cc1C. The van der Waals surface area contributed by atoms with Gasteiger partial charge in [0, 0.05) is 0 Å². The third-order valence-corrected chi connectivity index (χ3v) is 3.44. The van der Waals surface area contributed by atoms with E-state index in [1.807, 2.05) is 6.92 Å². The standard InChI is InChI=1S/C16H19NO2/c1-10-8-12(3)14(9-11(10)2)13(4)17-16(18)15-6-5-7-19-15/h5-9,13H,1-4H3,(H,17,18). The average Bonchev–Trinajstić information content (AvgIpc) is 2.87. The van der Waals surface area contributed by atoms with Gasteiger partial charge in [0.05, 0.1) is 12.3 Å². The van der Waals surface area contributed by atoms with Gasteiger partial charge >= 0.3 is 0 Å². The molecule has 1 heterocycles. The first-order chi connectivity index (χ1) is 8.99. The molecule has 0 fully saturated rings. The van der Waals surface area contributed by atoms with E-state index < -0.39 is 0 Å². The summed E-state index contributed by atoms with van der Waals surface area (Å²) in [5.41, 5.74) is 4.84. The molecule has 2 aromatic rings. The number of benzene rings is 1. The number of nitrogens with one attached hydrogen (secondary N) is 1. The Morgan fingerprint density at radius 1 is 1.16 bits per heavy atom. The molecule has 1 aromatic carbocycles. The van der Waals surface area contributed by atoms with Crippen molar-refractivity contribution in [1.29, 1.82) is 0 Å². The van der Waals surface area contributed by atoms with Gasteiger partial charge in [-0.25, -0.2) is 0 Å². The predicted octanol–water partition coefficient (Wildman–Crippen LogP) is 3.70. The summed E-state index contributed by atoms with van der Waals surface area (Å²) in [5, 5.41) is 2.95. The Morgan fingerprint density at radius 2 is 1.84 bits per heavy atom. The lowest BCUT2D eigenvalue weighted by Crippen LogP contribution is -2.26. The Kier molecular flexibility index (Phi) is 3.74. The van der Waals surface area contributed by atoms with Gasteiger partial charge in [0.1, 0.15) is 0 Å². The Labute approximate surface area is 113 Å². The zero-order chi connectivity index (χ0) is 14.0. The van der Waals surface area contributed by atoms with Crippen molar-refractivity contribution in [1.82, 2.24) is 5.32 Å². The molecule has 1 unspecified atom stereocenters. The van der Waals surface area contributed by atoms with Crippen LogP contribution >= 0.6 is 0 Å². The number of amides is 1. The van der Waals surface area contributed by atoms with Crippen LogP contribution in [0.15, 0.2) is 34.9 Å². The number of carbonyl (C=O) groups is 1.